The van der Waals surface area contributed by atoms with Gasteiger partial charge >= 0.3 is 0 Å². The zero-order valence-electron chi connectivity index (χ0n) is 16.5. The lowest BCUT2D eigenvalue weighted by Crippen LogP contribution is -2.45. The Kier molecular flexibility index (Phi) is 6.82. The average Bonchev–Trinajstić information content (AvgIpc) is 2.74. The number of amides is 1. The number of hydrogen-bond acceptors (Lipinski definition) is 4. The SMILES string of the molecule is COc1ccccc1CN(C)C(=O)C1CCCN(S(=O)(=O)c2ccc(Cl)cc2)C1. The first kappa shape index (κ1) is 21.6. The second-order valence-electron chi connectivity index (χ2n) is 7.16. The summed E-state index contributed by atoms with van der Waals surface area (Å²) >= 11 is 5.87. The largest absolute Gasteiger partial charge is 0.496 e. The summed E-state index contributed by atoms with van der Waals surface area (Å²) in [6, 6.07) is 13.7. The van der Waals surface area contributed by atoms with Crippen LogP contribution >= 0.6 is 11.6 Å². The van der Waals surface area contributed by atoms with E-state index < -0.39 is 10.0 Å². The average molecular weight is 437 g/mol. The number of carbonyl (C=O) groups is 1. The minimum Gasteiger partial charge on any atom is -0.496 e. The third-order valence-corrected chi connectivity index (χ3v) is 7.29. The minimum absolute atomic E-state index is 0.0630. The highest BCUT2D eigenvalue weighted by Crippen LogP contribution is 2.27. The summed E-state index contributed by atoms with van der Waals surface area (Å²) in [5.74, 6) is 0.292. The molecule has 1 aliphatic heterocycles. The van der Waals surface area contributed by atoms with Crippen LogP contribution in [0.3, 0.4) is 0 Å². The molecule has 1 atom stereocenters. The molecule has 0 spiro atoms. The monoisotopic (exact) mass is 436 g/mol. The molecule has 29 heavy (non-hydrogen) atoms. The lowest BCUT2D eigenvalue weighted by Gasteiger charge is -2.33. The quantitative estimate of drug-likeness (QED) is 0.696. The Bertz CT molecular complexity index is 963. The number of rotatable bonds is 6. The Morgan fingerprint density at radius 1 is 1.21 bits per heavy atom. The van der Waals surface area contributed by atoms with Crippen molar-refractivity contribution in [3.8, 4) is 5.75 Å². The summed E-state index contributed by atoms with van der Waals surface area (Å²) in [5.41, 5.74) is 0.910. The van der Waals surface area contributed by atoms with Gasteiger partial charge in [0.25, 0.3) is 0 Å². The van der Waals surface area contributed by atoms with Crippen molar-refractivity contribution in [3.05, 3.63) is 59.1 Å². The van der Waals surface area contributed by atoms with E-state index in [9.17, 15) is 13.2 Å². The Balaban J connectivity index is 1.71. The van der Waals surface area contributed by atoms with Crippen molar-refractivity contribution in [3.63, 3.8) is 0 Å². The van der Waals surface area contributed by atoms with Crippen molar-refractivity contribution in [1.82, 2.24) is 9.21 Å². The lowest BCUT2D eigenvalue weighted by molar-refractivity contribution is -0.135. The van der Waals surface area contributed by atoms with Gasteiger partial charge in [0.05, 0.1) is 17.9 Å². The van der Waals surface area contributed by atoms with Gasteiger partial charge in [-0.3, -0.25) is 4.79 Å². The Morgan fingerprint density at radius 2 is 1.90 bits per heavy atom. The van der Waals surface area contributed by atoms with Crippen LogP contribution in [0.25, 0.3) is 0 Å². The maximum absolute atomic E-state index is 13.0. The number of sulfonamides is 1. The van der Waals surface area contributed by atoms with Gasteiger partial charge in [0.2, 0.25) is 15.9 Å². The van der Waals surface area contributed by atoms with Gasteiger partial charge in [0, 0.05) is 37.3 Å². The van der Waals surface area contributed by atoms with E-state index in [1.807, 2.05) is 24.3 Å². The standard InChI is InChI=1S/C21H25ClN2O4S/c1-23(14-16-6-3-4-8-20(16)28-2)21(25)17-7-5-13-24(15-17)29(26,27)19-11-9-18(22)10-12-19/h3-4,6,8-12,17H,5,7,13-15H2,1-2H3. The van der Waals surface area contributed by atoms with Crippen LogP contribution in [0.2, 0.25) is 5.02 Å². The zero-order valence-corrected chi connectivity index (χ0v) is 18.1. The van der Waals surface area contributed by atoms with Crippen molar-refractivity contribution >= 4 is 27.5 Å². The molecule has 0 bridgehead atoms. The first-order valence-electron chi connectivity index (χ1n) is 9.45. The van der Waals surface area contributed by atoms with Crippen LogP contribution in [0.4, 0.5) is 0 Å². The molecule has 1 unspecified atom stereocenters. The maximum Gasteiger partial charge on any atom is 0.243 e. The van der Waals surface area contributed by atoms with Crippen molar-refractivity contribution in [2.45, 2.75) is 24.3 Å². The summed E-state index contributed by atoms with van der Waals surface area (Å²) < 4.78 is 32.7. The zero-order chi connectivity index (χ0) is 21.0. The number of nitrogens with zero attached hydrogens (tertiary/aromatic N) is 2. The number of para-hydroxylation sites is 1. The third-order valence-electron chi connectivity index (χ3n) is 5.16. The number of benzene rings is 2. The van der Waals surface area contributed by atoms with Gasteiger partial charge in [0.1, 0.15) is 5.75 Å². The highest BCUT2D eigenvalue weighted by molar-refractivity contribution is 7.89. The number of hydrogen-bond donors (Lipinski definition) is 0. The molecule has 156 valence electrons. The van der Waals surface area contributed by atoms with Crippen LogP contribution in [0.15, 0.2) is 53.4 Å². The molecule has 1 aliphatic rings. The smallest absolute Gasteiger partial charge is 0.243 e. The van der Waals surface area contributed by atoms with Gasteiger partial charge in [-0.05, 0) is 43.2 Å². The summed E-state index contributed by atoms with van der Waals surface area (Å²) in [4.78, 5) is 14.8. The molecule has 2 aromatic carbocycles. The van der Waals surface area contributed by atoms with Crippen molar-refractivity contribution in [1.29, 1.82) is 0 Å². The first-order valence-corrected chi connectivity index (χ1v) is 11.3. The fourth-order valence-electron chi connectivity index (χ4n) is 3.60. The molecule has 8 heteroatoms. The summed E-state index contributed by atoms with van der Waals surface area (Å²) in [7, 11) is -0.321. The van der Waals surface area contributed by atoms with Crippen molar-refractivity contribution in [2.24, 2.45) is 5.92 Å². The van der Waals surface area contributed by atoms with Crippen LogP contribution in [-0.2, 0) is 21.4 Å². The molecule has 0 radical (unpaired) electrons. The molecular formula is C21H25ClN2O4S. The van der Waals surface area contributed by atoms with E-state index in [4.69, 9.17) is 16.3 Å². The molecule has 1 heterocycles. The number of halogens is 1. The molecule has 0 saturated carbocycles. The molecule has 3 rings (SSSR count). The summed E-state index contributed by atoms with van der Waals surface area (Å²) in [5, 5.41) is 0.480. The van der Waals surface area contributed by atoms with E-state index in [2.05, 4.69) is 0 Å². The third kappa shape index (κ3) is 4.91. The molecule has 0 N–H and O–H groups in total. The van der Waals surface area contributed by atoms with E-state index in [1.54, 1.807) is 31.2 Å². The second kappa shape index (κ2) is 9.15. The predicted octanol–water partition coefficient (Wildman–Crippen LogP) is 3.41. The Morgan fingerprint density at radius 3 is 2.59 bits per heavy atom. The molecule has 0 aliphatic carbocycles. The number of methoxy groups -OCH3 is 1. The number of piperidine rings is 1. The number of ether oxygens (including phenoxy) is 1. The summed E-state index contributed by atoms with van der Waals surface area (Å²) in [6.07, 6.45) is 1.31. The van der Waals surface area contributed by atoms with E-state index in [0.717, 1.165) is 11.3 Å². The molecule has 0 aromatic heterocycles. The molecule has 6 nitrogen and oxygen atoms in total. The molecule has 1 saturated heterocycles. The van der Waals surface area contributed by atoms with Crippen LogP contribution < -0.4 is 4.74 Å². The van der Waals surface area contributed by atoms with Gasteiger partial charge in [-0.2, -0.15) is 4.31 Å². The fraction of sp³-hybridized carbons (Fsp3) is 0.381. The van der Waals surface area contributed by atoms with Crippen LogP contribution in [-0.4, -0.2) is 50.8 Å². The van der Waals surface area contributed by atoms with E-state index >= 15 is 0 Å². The first-order chi connectivity index (χ1) is 13.8. The van der Waals surface area contributed by atoms with Crippen LogP contribution in [0.1, 0.15) is 18.4 Å². The minimum atomic E-state index is -3.66. The Labute approximate surface area is 177 Å². The lowest BCUT2D eigenvalue weighted by atomic mass is 9.98. The van der Waals surface area contributed by atoms with Gasteiger partial charge < -0.3 is 9.64 Å². The number of carbonyl (C=O) groups excluding carboxylic acids is 1. The maximum atomic E-state index is 13.0. The summed E-state index contributed by atoms with van der Waals surface area (Å²) in [6.45, 7) is 0.994. The topological polar surface area (TPSA) is 66.9 Å². The molecular weight excluding hydrogens is 412 g/mol. The van der Waals surface area contributed by atoms with E-state index in [1.165, 1.54) is 16.4 Å². The predicted molar refractivity (Wildman–Crippen MR) is 112 cm³/mol. The van der Waals surface area contributed by atoms with E-state index in [0.29, 0.717) is 31.0 Å². The fourth-order valence-corrected chi connectivity index (χ4v) is 5.25. The van der Waals surface area contributed by atoms with Gasteiger partial charge in [0.15, 0.2) is 0 Å². The molecule has 2 aromatic rings. The highest BCUT2D eigenvalue weighted by atomic mass is 35.5. The molecule has 1 fully saturated rings. The Hall–Kier alpha value is -2.09. The van der Waals surface area contributed by atoms with Crippen molar-refractivity contribution < 1.29 is 17.9 Å². The van der Waals surface area contributed by atoms with Crippen LogP contribution in [0, 0.1) is 5.92 Å². The van der Waals surface area contributed by atoms with Gasteiger partial charge in [-0.1, -0.05) is 29.8 Å². The van der Waals surface area contributed by atoms with Gasteiger partial charge in [-0.15, -0.1) is 0 Å². The highest BCUT2D eigenvalue weighted by Gasteiger charge is 2.34. The van der Waals surface area contributed by atoms with Gasteiger partial charge in [-0.25, -0.2) is 8.42 Å². The normalized spacial score (nSPS) is 17.7. The van der Waals surface area contributed by atoms with Crippen LogP contribution in [0.5, 0.6) is 5.75 Å². The second-order valence-corrected chi connectivity index (χ2v) is 9.54. The van der Waals surface area contributed by atoms with E-state index in [-0.39, 0.29) is 23.3 Å². The van der Waals surface area contributed by atoms with Crippen molar-refractivity contribution in [2.75, 3.05) is 27.2 Å². The molecule has 1 amide bonds.